The fourth-order valence-corrected chi connectivity index (χ4v) is 3.43. The van der Waals surface area contributed by atoms with Crippen molar-refractivity contribution in [2.24, 2.45) is 0 Å². The van der Waals surface area contributed by atoms with E-state index in [2.05, 4.69) is 34.7 Å². The van der Waals surface area contributed by atoms with Crippen molar-refractivity contribution in [3.8, 4) is 0 Å². The third-order valence-electron chi connectivity index (χ3n) is 3.91. The lowest BCUT2D eigenvalue weighted by Gasteiger charge is -2.20. The number of nitrogens with one attached hydrogen (secondary N) is 1. The number of carbonyl (C=O) groups excluding carboxylic acids is 1. The molecule has 2 heterocycles. The van der Waals surface area contributed by atoms with E-state index >= 15 is 0 Å². The minimum absolute atomic E-state index is 0.0173. The smallest absolute Gasteiger partial charge is 0.238 e. The van der Waals surface area contributed by atoms with Gasteiger partial charge in [0.05, 0.1) is 19.4 Å². The van der Waals surface area contributed by atoms with Crippen LogP contribution in [0.2, 0.25) is 0 Å². The highest BCUT2D eigenvalue weighted by atomic mass is 32.1. The fourth-order valence-electron chi connectivity index (χ4n) is 2.69. The van der Waals surface area contributed by atoms with Crippen LogP contribution in [0.3, 0.4) is 0 Å². The van der Waals surface area contributed by atoms with Gasteiger partial charge in [-0.2, -0.15) is 0 Å². The van der Waals surface area contributed by atoms with Gasteiger partial charge in [-0.15, -0.1) is 11.3 Å². The maximum absolute atomic E-state index is 12.5. The van der Waals surface area contributed by atoms with Crippen molar-refractivity contribution in [3.63, 3.8) is 0 Å². The van der Waals surface area contributed by atoms with Crippen molar-refractivity contribution in [2.45, 2.75) is 26.4 Å². The quantitative estimate of drug-likeness (QED) is 0.646. The molecular weight excluding hydrogens is 332 g/mol. The molecule has 130 valence electrons. The lowest BCUT2D eigenvalue weighted by Crippen LogP contribution is -2.32. The number of anilines is 1. The number of benzene rings is 1. The summed E-state index contributed by atoms with van der Waals surface area (Å²) in [5.74, 6) is 0.841. The van der Waals surface area contributed by atoms with Crippen LogP contribution in [-0.4, -0.2) is 17.4 Å². The molecule has 0 atom stereocenters. The van der Waals surface area contributed by atoms with Gasteiger partial charge >= 0.3 is 0 Å². The van der Waals surface area contributed by atoms with Gasteiger partial charge in [0, 0.05) is 17.1 Å². The molecule has 0 saturated carbocycles. The van der Waals surface area contributed by atoms with Gasteiger partial charge in [0.2, 0.25) is 5.91 Å². The third-order valence-corrected chi connectivity index (χ3v) is 4.77. The second kappa shape index (κ2) is 8.65. The molecule has 0 aliphatic rings. The summed E-state index contributed by atoms with van der Waals surface area (Å²) in [4.78, 5) is 15.8. The lowest BCUT2D eigenvalue weighted by molar-refractivity contribution is -0.117. The van der Waals surface area contributed by atoms with Crippen LogP contribution in [-0.2, 0) is 24.3 Å². The van der Waals surface area contributed by atoms with E-state index in [9.17, 15) is 4.79 Å². The van der Waals surface area contributed by atoms with E-state index in [1.165, 1.54) is 10.4 Å². The number of hydrogen-bond donors (Lipinski definition) is 1. The highest BCUT2D eigenvalue weighted by molar-refractivity contribution is 7.09. The minimum atomic E-state index is -0.0173. The molecule has 0 radical (unpaired) electrons. The zero-order valence-corrected chi connectivity index (χ0v) is 15.1. The first-order valence-electron chi connectivity index (χ1n) is 8.39. The Kier molecular flexibility index (Phi) is 6.04. The van der Waals surface area contributed by atoms with Gasteiger partial charge in [-0.05, 0) is 47.7 Å². The molecule has 0 aliphatic heterocycles. The van der Waals surface area contributed by atoms with Crippen LogP contribution >= 0.6 is 11.3 Å². The summed E-state index contributed by atoms with van der Waals surface area (Å²) in [5, 5.41) is 5.05. The predicted molar refractivity (Wildman–Crippen MR) is 102 cm³/mol. The summed E-state index contributed by atoms with van der Waals surface area (Å²) in [6.45, 7) is 3.75. The average molecular weight is 354 g/mol. The van der Waals surface area contributed by atoms with Crippen molar-refractivity contribution < 1.29 is 9.21 Å². The second-order valence-electron chi connectivity index (χ2n) is 5.91. The second-order valence-corrected chi connectivity index (χ2v) is 6.94. The maximum atomic E-state index is 12.5. The first-order valence-corrected chi connectivity index (χ1v) is 9.27. The number of furan rings is 1. The number of rotatable bonds is 8. The van der Waals surface area contributed by atoms with Gasteiger partial charge < -0.3 is 9.73 Å². The Bertz CT molecular complexity index is 746. The van der Waals surface area contributed by atoms with E-state index in [1.54, 1.807) is 17.6 Å². The molecule has 0 bridgehead atoms. The third kappa shape index (κ3) is 5.31. The zero-order valence-electron chi connectivity index (χ0n) is 14.3. The zero-order chi connectivity index (χ0) is 17.5. The average Bonchev–Trinajstić information content (AvgIpc) is 3.29. The van der Waals surface area contributed by atoms with Gasteiger partial charge in [0.1, 0.15) is 5.76 Å². The Hall–Kier alpha value is -2.37. The number of nitrogens with zero attached hydrogens (tertiary/aromatic N) is 1. The summed E-state index contributed by atoms with van der Waals surface area (Å²) in [6, 6.07) is 15.9. The van der Waals surface area contributed by atoms with Crippen molar-refractivity contribution in [1.82, 2.24) is 4.90 Å². The van der Waals surface area contributed by atoms with Crippen LogP contribution in [0.1, 0.15) is 23.1 Å². The summed E-state index contributed by atoms with van der Waals surface area (Å²) in [6.07, 6.45) is 2.61. The van der Waals surface area contributed by atoms with E-state index in [-0.39, 0.29) is 5.91 Å². The van der Waals surface area contributed by atoms with E-state index in [1.807, 2.05) is 36.4 Å². The van der Waals surface area contributed by atoms with Gasteiger partial charge in [0.15, 0.2) is 0 Å². The Labute approximate surface area is 152 Å². The summed E-state index contributed by atoms with van der Waals surface area (Å²) in [5.41, 5.74) is 2.06. The largest absolute Gasteiger partial charge is 0.468 e. The van der Waals surface area contributed by atoms with Crippen molar-refractivity contribution in [3.05, 3.63) is 76.4 Å². The Morgan fingerprint density at radius 3 is 2.80 bits per heavy atom. The van der Waals surface area contributed by atoms with Gasteiger partial charge in [-0.1, -0.05) is 25.1 Å². The minimum Gasteiger partial charge on any atom is -0.468 e. The molecule has 0 aliphatic carbocycles. The highest BCUT2D eigenvalue weighted by Gasteiger charge is 2.14. The van der Waals surface area contributed by atoms with E-state index in [0.29, 0.717) is 13.1 Å². The first-order chi connectivity index (χ1) is 12.2. The molecule has 2 aromatic heterocycles. The van der Waals surface area contributed by atoms with Gasteiger partial charge in [0.25, 0.3) is 0 Å². The van der Waals surface area contributed by atoms with Crippen LogP contribution in [0.25, 0.3) is 0 Å². The Balaban J connectivity index is 1.64. The Morgan fingerprint density at radius 1 is 1.16 bits per heavy atom. The molecule has 3 rings (SSSR count). The fraction of sp³-hybridized carbons (Fsp3) is 0.250. The predicted octanol–water partition coefficient (Wildman–Crippen LogP) is 4.54. The number of hydrogen-bond acceptors (Lipinski definition) is 4. The standard InChI is InChI=1S/C20H22N2O2S/c1-2-16-6-3-7-17(12-16)21-20(23)15-22(13-18-8-4-10-24-18)14-19-9-5-11-25-19/h3-12H,2,13-15H2,1H3,(H,21,23). The molecule has 1 N–H and O–H groups in total. The van der Waals surface area contributed by atoms with Crippen LogP contribution < -0.4 is 5.32 Å². The van der Waals surface area contributed by atoms with E-state index < -0.39 is 0 Å². The number of aryl methyl sites for hydroxylation is 1. The monoisotopic (exact) mass is 354 g/mol. The molecule has 1 amide bonds. The molecule has 0 spiro atoms. The molecular formula is C20H22N2O2S. The van der Waals surface area contributed by atoms with Crippen LogP contribution in [0.4, 0.5) is 5.69 Å². The molecule has 0 fully saturated rings. The Morgan fingerprint density at radius 2 is 2.08 bits per heavy atom. The van der Waals surface area contributed by atoms with E-state index in [4.69, 9.17) is 4.42 Å². The highest BCUT2D eigenvalue weighted by Crippen LogP contribution is 2.16. The van der Waals surface area contributed by atoms with Crippen molar-refractivity contribution in [1.29, 1.82) is 0 Å². The summed E-state index contributed by atoms with van der Waals surface area (Å²) >= 11 is 1.70. The maximum Gasteiger partial charge on any atom is 0.238 e. The van der Waals surface area contributed by atoms with Crippen LogP contribution in [0.5, 0.6) is 0 Å². The summed E-state index contributed by atoms with van der Waals surface area (Å²) in [7, 11) is 0. The van der Waals surface area contributed by atoms with E-state index in [0.717, 1.165) is 24.4 Å². The van der Waals surface area contributed by atoms with Gasteiger partial charge in [-0.25, -0.2) is 0 Å². The normalized spacial score (nSPS) is 11.0. The number of carbonyl (C=O) groups is 1. The first kappa shape index (κ1) is 17.5. The molecule has 5 heteroatoms. The SMILES string of the molecule is CCc1cccc(NC(=O)CN(Cc2ccco2)Cc2cccs2)c1. The lowest BCUT2D eigenvalue weighted by atomic mass is 10.1. The van der Waals surface area contributed by atoms with Crippen LogP contribution in [0, 0.1) is 0 Å². The molecule has 0 unspecified atom stereocenters. The van der Waals surface area contributed by atoms with Crippen molar-refractivity contribution >= 4 is 22.9 Å². The molecule has 25 heavy (non-hydrogen) atoms. The molecule has 0 saturated heterocycles. The number of thiophene rings is 1. The number of amides is 1. The summed E-state index contributed by atoms with van der Waals surface area (Å²) < 4.78 is 5.44. The molecule has 3 aromatic rings. The van der Waals surface area contributed by atoms with Gasteiger partial charge in [-0.3, -0.25) is 9.69 Å². The topological polar surface area (TPSA) is 45.5 Å². The van der Waals surface area contributed by atoms with Crippen LogP contribution in [0.15, 0.2) is 64.6 Å². The molecule has 4 nitrogen and oxygen atoms in total. The molecule has 1 aromatic carbocycles. The van der Waals surface area contributed by atoms with Crippen molar-refractivity contribution in [2.75, 3.05) is 11.9 Å².